The quantitative estimate of drug-likeness (QED) is 0.868. The summed E-state index contributed by atoms with van der Waals surface area (Å²) in [5.41, 5.74) is 5.54. The number of fused-ring (bicyclic) bond motifs is 1. The molecule has 0 bridgehead atoms. The Hall–Kier alpha value is -1.29. The molecule has 1 heterocycles. The van der Waals surface area contributed by atoms with Crippen LogP contribution in [0.25, 0.3) is 10.9 Å². The van der Waals surface area contributed by atoms with Gasteiger partial charge in [0.05, 0.1) is 18.5 Å². The average Bonchev–Trinajstić information content (AvgIpc) is 2.65. The van der Waals surface area contributed by atoms with Gasteiger partial charge >= 0.3 is 5.97 Å². The van der Waals surface area contributed by atoms with Crippen molar-refractivity contribution >= 4 is 32.8 Å². The van der Waals surface area contributed by atoms with Crippen molar-refractivity contribution in [3.8, 4) is 0 Å². The Kier molecular flexibility index (Phi) is 3.99. The van der Waals surface area contributed by atoms with E-state index in [1.54, 1.807) is 0 Å². The van der Waals surface area contributed by atoms with Gasteiger partial charge in [0.2, 0.25) is 0 Å². The third-order valence-corrected chi connectivity index (χ3v) is 4.12. The molecular formula is C15H18BrNO2. The molecule has 0 aliphatic carbocycles. The summed E-state index contributed by atoms with van der Waals surface area (Å²) >= 11 is 3.58. The lowest BCUT2D eigenvalue weighted by Gasteiger charge is -2.07. The first-order chi connectivity index (χ1) is 8.95. The molecule has 2 aromatic rings. The minimum Gasteiger partial charge on any atom is -0.466 e. The van der Waals surface area contributed by atoms with Crippen LogP contribution in [0, 0.1) is 20.8 Å². The Morgan fingerprint density at radius 2 is 2.05 bits per heavy atom. The molecule has 0 aliphatic heterocycles. The second kappa shape index (κ2) is 5.37. The first kappa shape index (κ1) is 14.1. The van der Waals surface area contributed by atoms with Gasteiger partial charge in [0.25, 0.3) is 0 Å². The number of nitrogens with one attached hydrogen (secondary N) is 1. The average molecular weight is 324 g/mol. The van der Waals surface area contributed by atoms with Crippen LogP contribution in [-0.4, -0.2) is 17.6 Å². The molecule has 1 aromatic carbocycles. The molecule has 0 spiro atoms. The fourth-order valence-electron chi connectivity index (χ4n) is 2.40. The Morgan fingerprint density at radius 1 is 1.37 bits per heavy atom. The van der Waals surface area contributed by atoms with E-state index in [2.05, 4.69) is 40.8 Å². The van der Waals surface area contributed by atoms with Crippen molar-refractivity contribution in [3.05, 3.63) is 32.9 Å². The maximum absolute atomic E-state index is 11.7. The van der Waals surface area contributed by atoms with Gasteiger partial charge < -0.3 is 9.72 Å². The zero-order valence-corrected chi connectivity index (χ0v) is 13.3. The third kappa shape index (κ3) is 2.54. The first-order valence-electron chi connectivity index (χ1n) is 6.38. The highest BCUT2D eigenvalue weighted by Crippen LogP contribution is 2.33. The van der Waals surface area contributed by atoms with Crippen LogP contribution >= 0.6 is 15.9 Å². The van der Waals surface area contributed by atoms with E-state index in [4.69, 9.17) is 4.74 Å². The number of halogens is 1. The number of aromatic amines is 1. The SMILES string of the molecule is CCOC(=O)Cc1c(C)[nH]c2c(Br)cc(C)c(C)c12. The van der Waals surface area contributed by atoms with E-state index in [9.17, 15) is 4.79 Å². The Balaban J connectivity index is 2.60. The minimum absolute atomic E-state index is 0.177. The topological polar surface area (TPSA) is 42.1 Å². The van der Waals surface area contributed by atoms with Crippen LogP contribution in [0.2, 0.25) is 0 Å². The highest BCUT2D eigenvalue weighted by Gasteiger charge is 2.17. The number of carbonyl (C=O) groups excluding carboxylic acids is 1. The minimum atomic E-state index is -0.177. The van der Waals surface area contributed by atoms with Gasteiger partial charge in [-0.3, -0.25) is 4.79 Å². The number of aryl methyl sites for hydroxylation is 3. The van der Waals surface area contributed by atoms with Crippen molar-refractivity contribution in [1.29, 1.82) is 0 Å². The van der Waals surface area contributed by atoms with Crippen molar-refractivity contribution in [2.45, 2.75) is 34.1 Å². The monoisotopic (exact) mass is 323 g/mol. The highest BCUT2D eigenvalue weighted by atomic mass is 79.9. The summed E-state index contributed by atoms with van der Waals surface area (Å²) in [6.07, 6.45) is 0.316. The second-order valence-electron chi connectivity index (χ2n) is 4.76. The van der Waals surface area contributed by atoms with Gasteiger partial charge in [-0.2, -0.15) is 0 Å². The zero-order valence-electron chi connectivity index (χ0n) is 11.7. The van der Waals surface area contributed by atoms with Crippen molar-refractivity contribution < 1.29 is 9.53 Å². The Bertz CT molecular complexity index is 643. The molecule has 0 saturated carbocycles. The van der Waals surface area contributed by atoms with Gasteiger partial charge in [-0.15, -0.1) is 0 Å². The van der Waals surface area contributed by atoms with E-state index in [1.807, 2.05) is 13.8 Å². The van der Waals surface area contributed by atoms with E-state index in [1.165, 1.54) is 11.1 Å². The van der Waals surface area contributed by atoms with E-state index in [-0.39, 0.29) is 5.97 Å². The smallest absolute Gasteiger partial charge is 0.310 e. The maximum Gasteiger partial charge on any atom is 0.310 e. The third-order valence-electron chi connectivity index (χ3n) is 3.49. The number of hydrogen-bond acceptors (Lipinski definition) is 2. The summed E-state index contributed by atoms with van der Waals surface area (Å²) in [7, 11) is 0. The lowest BCUT2D eigenvalue weighted by Crippen LogP contribution is -2.08. The first-order valence-corrected chi connectivity index (χ1v) is 7.17. The molecule has 2 rings (SSSR count). The van der Waals surface area contributed by atoms with Crippen LogP contribution in [0.1, 0.15) is 29.3 Å². The Labute approximate surface area is 121 Å². The van der Waals surface area contributed by atoms with Crippen molar-refractivity contribution in [2.75, 3.05) is 6.61 Å². The number of hydrogen-bond donors (Lipinski definition) is 1. The molecule has 1 aromatic heterocycles. The van der Waals surface area contributed by atoms with E-state index in [0.29, 0.717) is 13.0 Å². The second-order valence-corrected chi connectivity index (χ2v) is 5.61. The number of ether oxygens (including phenoxy) is 1. The molecule has 0 radical (unpaired) electrons. The summed E-state index contributed by atoms with van der Waals surface area (Å²) in [5.74, 6) is -0.177. The molecule has 4 heteroatoms. The summed E-state index contributed by atoms with van der Waals surface area (Å²) < 4.78 is 6.09. The van der Waals surface area contributed by atoms with E-state index >= 15 is 0 Å². The number of carbonyl (C=O) groups is 1. The summed E-state index contributed by atoms with van der Waals surface area (Å²) in [4.78, 5) is 15.1. The van der Waals surface area contributed by atoms with Crippen LogP contribution in [0.3, 0.4) is 0 Å². The predicted octanol–water partition coefficient (Wildman–Crippen LogP) is 3.96. The molecule has 0 fully saturated rings. The normalized spacial score (nSPS) is 11.0. The van der Waals surface area contributed by atoms with Crippen LogP contribution in [-0.2, 0) is 16.0 Å². The van der Waals surface area contributed by atoms with Crippen LogP contribution in [0.4, 0.5) is 0 Å². The highest BCUT2D eigenvalue weighted by molar-refractivity contribution is 9.10. The lowest BCUT2D eigenvalue weighted by molar-refractivity contribution is -0.142. The van der Waals surface area contributed by atoms with Crippen LogP contribution < -0.4 is 0 Å². The molecule has 102 valence electrons. The van der Waals surface area contributed by atoms with E-state index in [0.717, 1.165) is 26.6 Å². The van der Waals surface area contributed by atoms with Crippen LogP contribution in [0.15, 0.2) is 10.5 Å². The number of esters is 1. The van der Waals surface area contributed by atoms with Gasteiger partial charge in [0.1, 0.15) is 0 Å². The van der Waals surface area contributed by atoms with Crippen molar-refractivity contribution in [2.24, 2.45) is 0 Å². The zero-order chi connectivity index (χ0) is 14.2. The predicted molar refractivity (Wildman–Crippen MR) is 80.5 cm³/mol. The summed E-state index contributed by atoms with van der Waals surface area (Å²) in [5, 5.41) is 1.14. The fraction of sp³-hybridized carbons (Fsp3) is 0.400. The Morgan fingerprint density at radius 3 is 2.68 bits per heavy atom. The summed E-state index contributed by atoms with van der Waals surface area (Å²) in [6.45, 7) is 8.41. The largest absolute Gasteiger partial charge is 0.466 e. The summed E-state index contributed by atoms with van der Waals surface area (Å²) in [6, 6.07) is 2.10. The molecule has 1 N–H and O–H groups in total. The molecule has 0 unspecified atom stereocenters. The van der Waals surface area contributed by atoms with Gasteiger partial charge in [0.15, 0.2) is 0 Å². The molecule has 0 aliphatic rings. The van der Waals surface area contributed by atoms with E-state index < -0.39 is 0 Å². The molecule has 0 amide bonds. The number of aromatic nitrogens is 1. The maximum atomic E-state index is 11.7. The van der Waals surface area contributed by atoms with Gasteiger partial charge in [-0.1, -0.05) is 0 Å². The lowest BCUT2D eigenvalue weighted by atomic mass is 10.00. The number of benzene rings is 1. The molecule has 3 nitrogen and oxygen atoms in total. The molecule has 0 saturated heterocycles. The van der Waals surface area contributed by atoms with Crippen molar-refractivity contribution in [3.63, 3.8) is 0 Å². The standard InChI is InChI=1S/C15H18BrNO2/c1-5-19-13(18)7-11-10(4)17-15-12(16)6-8(2)9(3)14(11)15/h6,17H,5,7H2,1-4H3. The molecule has 0 atom stereocenters. The number of H-pyrrole nitrogens is 1. The fourth-order valence-corrected chi connectivity index (χ4v) is 3.04. The van der Waals surface area contributed by atoms with Gasteiger partial charge in [-0.25, -0.2) is 0 Å². The molecular weight excluding hydrogens is 306 g/mol. The van der Waals surface area contributed by atoms with Crippen molar-refractivity contribution in [1.82, 2.24) is 4.98 Å². The van der Waals surface area contributed by atoms with Gasteiger partial charge in [0, 0.05) is 15.6 Å². The van der Waals surface area contributed by atoms with Gasteiger partial charge in [-0.05, 0) is 66.4 Å². The number of rotatable bonds is 3. The van der Waals surface area contributed by atoms with Crippen LogP contribution in [0.5, 0.6) is 0 Å². The molecule has 19 heavy (non-hydrogen) atoms.